The normalized spacial score (nSPS) is 11.8. The van der Waals surface area contributed by atoms with Crippen molar-refractivity contribution in [1.29, 1.82) is 0 Å². The van der Waals surface area contributed by atoms with Crippen LogP contribution in [0, 0.1) is 0 Å². The summed E-state index contributed by atoms with van der Waals surface area (Å²) in [5.41, 5.74) is 6.09. The van der Waals surface area contributed by atoms with Gasteiger partial charge in [-0.1, -0.05) is 84.9 Å². The molecule has 0 saturated carbocycles. The SMILES string of the molecule is COc1ccc(CN[C@H](C)c2cccc(NC(c3ccccc3)c3ccccc3)c2)cc1. The van der Waals surface area contributed by atoms with E-state index in [4.69, 9.17) is 4.74 Å². The molecule has 0 aliphatic carbocycles. The third-order valence-electron chi connectivity index (χ3n) is 5.73. The fourth-order valence-corrected chi connectivity index (χ4v) is 3.85. The van der Waals surface area contributed by atoms with E-state index in [9.17, 15) is 0 Å². The minimum Gasteiger partial charge on any atom is -0.497 e. The summed E-state index contributed by atoms with van der Waals surface area (Å²) in [5, 5.41) is 7.38. The van der Waals surface area contributed by atoms with Crippen molar-refractivity contribution < 1.29 is 4.74 Å². The Morgan fingerprint density at radius 1 is 0.688 bits per heavy atom. The Labute approximate surface area is 191 Å². The van der Waals surface area contributed by atoms with E-state index in [-0.39, 0.29) is 12.1 Å². The molecular weight excluding hydrogens is 392 g/mol. The second-order valence-electron chi connectivity index (χ2n) is 7.97. The van der Waals surface area contributed by atoms with Crippen molar-refractivity contribution in [1.82, 2.24) is 5.32 Å². The Balaban J connectivity index is 1.48. The van der Waals surface area contributed by atoms with Gasteiger partial charge in [0.15, 0.2) is 0 Å². The lowest BCUT2D eigenvalue weighted by atomic mass is 9.98. The van der Waals surface area contributed by atoms with Crippen LogP contribution in [0.2, 0.25) is 0 Å². The zero-order chi connectivity index (χ0) is 22.2. The fourth-order valence-electron chi connectivity index (χ4n) is 3.85. The lowest BCUT2D eigenvalue weighted by molar-refractivity contribution is 0.414. The maximum atomic E-state index is 5.25. The molecule has 32 heavy (non-hydrogen) atoms. The Bertz CT molecular complexity index is 1060. The molecule has 0 fully saturated rings. The number of hydrogen-bond donors (Lipinski definition) is 2. The van der Waals surface area contributed by atoms with Gasteiger partial charge >= 0.3 is 0 Å². The summed E-state index contributed by atoms with van der Waals surface area (Å²) in [6, 6.07) is 38.4. The second kappa shape index (κ2) is 10.7. The first kappa shape index (κ1) is 21.7. The minimum absolute atomic E-state index is 0.0928. The molecule has 0 unspecified atom stereocenters. The van der Waals surface area contributed by atoms with Crippen LogP contribution in [0.5, 0.6) is 5.75 Å². The van der Waals surface area contributed by atoms with Crippen LogP contribution in [-0.2, 0) is 6.54 Å². The molecule has 0 aromatic heterocycles. The molecule has 0 aliphatic heterocycles. The molecule has 3 heteroatoms. The van der Waals surface area contributed by atoms with Crippen LogP contribution in [0.15, 0.2) is 109 Å². The van der Waals surface area contributed by atoms with Crippen LogP contribution in [0.3, 0.4) is 0 Å². The van der Waals surface area contributed by atoms with Crippen molar-refractivity contribution >= 4 is 5.69 Å². The van der Waals surface area contributed by atoms with Gasteiger partial charge in [0.05, 0.1) is 13.2 Å². The zero-order valence-electron chi connectivity index (χ0n) is 18.7. The topological polar surface area (TPSA) is 33.3 Å². The highest BCUT2D eigenvalue weighted by Crippen LogP contribution is 2.28. The zero-order valence-corrected chi connectivity index (χ0v) is 18.7. The number of ether oxygens (including phenoxy) is 1. The van der Waals surface area contributed by atoms with E-state index in [0.29, 0.717) is 0 Å². The highest BCUT2D eigenvalue weighted by atomic mass is 16.5. The van der Waals surface area contributed by atoms with E-state index in [1.807, 2.05) is 12.1 Å². The Hall–Kier alpha value is -3.56. The van der Waals surface area contributed by atoms with E-state index in [2.05, 4.69) is 115 Å². The molecular formula is C29H30N2O. The summed E-state index contributed by atoms with van der Waals surface area (Å²) < 4.78 is 5.25. The number of nitrogens with one attached hydrogen (secondary N) is 2. The Morgan fingerprint density at radius 2 is 1.28 bits per heavy atom. The van der Waals surface area contributed by atoms with Crippen molar-refractivity contribution in [2.45, 2.75) is 25.6 Å². The van der Waals surface area contributed by atoms with Gasteiger partial charge in [0.1, 0.15) is 5.75 Å². The van der Waals surface area contributed by atoms with Crippen molar-refractivity contribution in [2.24, 2.45) is 0 Å². The summed E-state index contributed by atoms with van der Waals surface area (Å²) in [4.78, 5) is 0. The van der Waals surface area contributed by atoms with Crippen molar-refractivity contribution in [2.75, 3.05) is 12.4 Å². The van der Waals surface area contributed by atoms with Gasteiger partial charge in [-0.25, -0.2) is 0 Å². The molecule has 0 saturated heterocycles. The highest BCUT2D eigenvalue weighted by molar-refractivity contribution is 5.51. The van der Waals surface area contributed by atoms with E-state index in [1.165, 1.54) is 22.3 Å². The second-order valence-corrected chi connectivity index (χ2v) is 7.97. The monoisotopic (exact) mass is 422 g/mol. The van der Waals surface area contributed by atoms with Crippen LogP contribution in [0.25, 0.3) is 0 Å². The van der Waals surface area contributed by atoms with Gasteiger partial charge < -0.3 is 15.4 Å². The van der Waals surface area contributed by atoms with Gasteiger partial charge in [0.2, 0.25) is 0 Å². The third kappa shape index (κ3) is 5.57. The van der Waals surface area contributed by atoms with Crippen LogP contribution < -0.4 is 15.4 Å². The maximum absolute atomic E-state index is 5.25. The molecule has 0 radical (unpaired) electrons. The van der Waals surface area contributed by atoms with Gasteiger partial charge in [-0.05, 0) is 53.4 Å². The molecule has 4 aromatic rings. The molecule has 4 rings (SSSR count). The standard InChI is InChI=1S/C29H30N2O/c1-22(30-21-23-16-18-28(32-2)19-17-23)26-14-9-15-27(20-26)31-29(24-10-5-3-6-11-24)25-12-7-4-8-13-25/h3-20,22,29-31H,21H2,1-2H3/t22-/m1/s1. The Morgan fingerprint density at radius 3 is 1.88 bits per heavy atom. The molecule has 4 aromatic carbocycles. The predicted molar refractivity (Wildman–Crippen MR) is 133 cm³/mol. The quantitative estimate of drug-likeness (QED) is 0.313. The summed E-state index contributed by atoms with van der Waals surface area (Å²) in [6.45, 7) is 3.01. The lowest BCUT2D eigenvalue weighted by Gasteiger charge is -2.22. The third-order valence-corrected chi connectivity index (χ3v) is 5.73. The molecule has 162 valence electrons. The van der Waals surface area contributed by atoms with E-state index in [1.54, 1.807) is 7.11 Å². The summed E-state index contributed by atoms with van der Waals surface area (Å²) in [5.74, 6) is 0.881. The van der Waals surface area contributed by atoms with Gasteiger partial charge in [0, 0.05) is 18.3 Å². The van der Waals surface area contributed by atoms with E-state index in [0.717, 1.165) is 18.0 Å². The van der Waals surface area contributed by atoms with Crippen LogP contribution >= 0.6 is 0 Å². The van der Waals surface area contributed by atoms with Gasteiger partial charge in [-0.2, -0.15) is 0 Å². The van der Waals surface area contributed by atoms with Crippen LogP contribution in [0.4, 0.5) is 5.69 Å². The molecule has 0 amide bonds. The smallest absolute Gasteiger partial charge is 0.118 e. The summed E-state index contributed by atoms with van der Waals surface area (Å²) >= 11 is 0. The van der Waals surface area contributed by atoms with Crippen LogP contribution in [0.1, 0.15) is 41.3 Å². The number of hydrogen-bond acceptors (Lipinski definition) is 3. The molecule has 1 atom stereocenters. The van der Waals surface area contributed by atoms with Crippen molar-refractivity contribution in [3.8, 4) is 5.75 Å². The van der Waals surface area contributed by atoms with E-state index >= 15 is 0 Å². The average molecular weight is 423 g/mol. The van der Waals surface area contributed by atoms with Crippen LogP contribution in [-0.4, -0.2) is 7.11 Å². The Kier molecular flexibility index (Phi) is 7.21. The molecule has 0 heterocycles. The molecule has 0 bridgehead atoms. The maximum Gasteiger partial charge on any atom is 0.118 e. The highest BCUT2D eigenvalue weighted by Gasteiger charge is 2.14. The average Bonchev–Trinajstić information content (AvgIpc) is 2.87. The lowest BCUT2D eigenvalue weighted by Crippen LogP contribution is -2.18. The largest absolute Gasteiger partial charge is 0.497 e. The van der Waals surface area contributed by atoms with Crippen molar-refractivity contribution in [3.63, 3.8) is 0 Å². The number of methoxy groups -OCH3 is 1. The van der Waals surface area contributed by atoms with E-state index < -0.39 is 0 Å². The first-order valence-corrected chi connectivity index (χ1v) is 11.1. The molecule has 2 N–H and O–H groups in total. The molecule has 0 spiro atoms. The number of anilines is 1. The summed E-state index contributed by atoms with van der Waals surface area (Å²) in [7, 11) is 1.69. The first-order chi connectivity index (χ1) is 15.7. The molecule has 3 nitrogen and oxygen atoms in total. The minimum atomic E-state index is 0.0928. The number of benzene rings is 4. The summed E-state index contributed by atoms with van der Waals surface area (Å²) in [6.07, 6.45) is 0. The predicted octanol–water partition coefficient (Wildman–Crippen LogP) is 6.75. The first-order valence-electron chi connectivity index (χ1n) is 11.1. The number of rotatable bonds is 9. The molecule has 0 aliphatic rings. The van der Waals surface area contributed by atoms with Gasteiger partial charge in [-0.15, -0.1) is 0 Å². The fraction of sp³-hybridized carbons (Fsp3) is 0.172. The van der Waals surface area contributed by atoms with Crippen molar-refractivity contribution in [3.05, 3.63) is 131 Å². The van der Waals surface area contributed by atoms with Gasteiger partial charge in [-0.3, -0.25) is 0 Å². The van der Waals surface area contributed by atoms with Gasteiger partial charge in [0.25, 0.3) is 0 Å².